The van der Waals surface area contributed by atoms with Gasteiger partial charge in [-0.1, -0.05) is 6.07 Å². The summed E-state index contributed by atoms with van der Waals surface area (Å²) in [6, 6.07) is 3.72. The van der Waals surface area contributed by atoms with Gasteiger partial charge in [0.05, 0.1) is 13.1 Å². The molecule has 23 heavy (non-hydrogen) atoms. The standard InChI is InChI=1S/C16H20FN3O3/c17-12-4-3-6-14-11(12)10-20(8-9-23-14)16(22)19-13-5-1-2-7-18-15(13)21/h3-4,6,13H,1-2,5,7-10H2,(H,18,21)(H,19,22). The number of amides is 3. The Morgan fingerprint density at radius 3 is 3.13 bits per heavy atom. The molecule has 1 unspecified atom stereocenters. The Balaban J connectivity index is 1.70. The van der Waals surface area contributed by atoms with Gasteiger partial charge in [0, 0.05) is 12.1 Å². The van der Waals surface area contributed by atoms with Crippen LogP contribution in [0.5, 0.6) is 5.75 Å². The normalized spacial score (nSPS) is 21.3. The average molecular weight is 321 g/mol. The molecule has 1 aromatic carbocycles. The summed E-state index contributed by atoms with van der Waals surface area (Å²) in [5.41, 5.74) is 0.366. The smallest absolute Gasteiger partial charge is 0.318 e. The minimum Gasteiger partial charge on any atom is -0.491 e. The highest BCUT2D eigenvalue weighted by Crippen LogP contribution is 2.25. The summed E-state index contributed by atoms with van der Waals surface area (Å²) in [6.07, 6.45) is 2.41. The van der Waals surface area contributed by atoms with Gasteiger partial charge in [0.25, 0.3) is 0 Å². The molecule has 7 heteroatoms. The number of hydrogen-bond acceptors (Lipinski definition) is 3. The zero-order valence-corrected chi connectivity index (χ0v) is 12.8. The van der Waals surface area contributed by atoms with Gasteiger partial charge < -0.3 is 20.3 Å². The van der Waals surface area contributed by atoms with E-state index in [-0.39, 0.29) is 18.5 Å². The molecule has 0 aliphatic carbocycles. The molecule has 1 fully saturated rings. The topological polar surface area (TPSA) is 70.7 Å². The lowest BCUT2D eigenvalue weighted by atomic mass is 10.1. The van der Waals surface area contributed by atoms with E-state index in [1.165, 1.54) is 11.0 Å². The van der Waals surface area contributed by atoms with Crippen LogP contribution < -0.4 is 15.4 Å². The highest BCUT2D eigenvalue weighted by molar-refractivity contribution is 5.87. The number of hydrogen-bond donors (Lipinski definition) is 2. The predicted octanol–water partition coefficient (Wildman–Crippen LogP) is 1.40. The van der Waals surface area contributed by atoms with Gasteiger partial charge in [-0.15, -0.1) is 0 Å². The van der Waals surface area contributed by atoms with Gasteiger partial charge >= 0.3 is 6.03 Å². The van der Waals surface area contributed by atoms with Crippen molar-refractivity contribution in [3.63, 3.8) is 0 Å². The third-order valence-corrected chi connectivity index (χ3v) is 4.16. The van der Waals surface area contributed by atoms with Crippen molar-refractivity contribution in [2.24, 2.45) is 0 Å². The van der Waals surface area contributed by atoms with Gasteiger partial charge in [0.2, 0.25) is 5.91 Å². The Bertz CT molecular complexity index is 608. The molecule has 2 heterocycles. The number of nitrogens with one attached hydrogen (secondary N) is 2. The van der Waals surface area contributed by atoms with Crippen molar-refractivity contribution in [1.82, 2.24) is 15.5 Å². The van der Waals surface area contributed by atoms with Crippen LogP contribution >= 0.6 is 0 Å². The molecule has 1 aromatic rings. The predicted molar refractivity (Wildman–Crippen MR) is 81.5 cm³/mol. The molecular weight excluding hydrogens is 301 g/mol. The lowest BCUT2D eigenvalue weighted by Gasteiger charge is -2.23. The van der Waals surface area contributed by atoms with Gasteiger partial charge in [0.1, 0.15) is 24.2 Å². The molecule has 1 saturated heterocycles. The first-order valence-corrected chi connectivity index (χ1v) is 7.88. The minimum absolute atomic E-state index is 0.127. The minimum atomic E-state index is -0.533. The fourth-order valence-electron chi connectivity index (χ4n) is 2.85. The molecule has 2 N–H and O–H groups in total. The molecule has 3 amide bonds. The molecule has 3 rings (SSSR count). The molecule has 1 atom stereocenters. The fourth-order valence-corrected chi connectivity index (χ4v) is 2.85. The number of ether oxygens (including phenoxy) is 1. The largest absolute Gasteiger partial charge is 0.491 e. The summed E-state index contributed by atoms with van der Waals surface area (Å²) >= 11 is 0. The zero-order chi connectivity index (χ0) is 16.2. The number of carbonyl (C=O) groups excluding carboxylic acids is 2. The van der Waals surface area contributed by atoms with Crippen LogP contribution in [0.4, 0.5) is 9.18 Å². The van der Waals surface area contributed by atoms with Gasteiger partial charge in [-0.2, -0.15) is 0 Å². The Hall–Kier alpha value is -2.31. The molecule has 0 spiro atoms. The highest BCUT2D eigenvalue weighted by Gasteiger charge is 2.27. The molecule has 2 aliphatic rings. The summed E-state index contributed by atoms with van der Waals surface area (Å²) in [5.74, 6) is -0.0876. The lowest BCUT2D eigenvalue weighted by molar-refractivity contribution is -0.122. The van der Waals surface area contributed by atoms with E-state index in [1.54, 1.807) is 12.1 Å². The second kappa shape index (κ2) is 6.85. The van der Waals surface area contributed by atoms with Gasteiger partial charge in [-0.25, -0.2) is 9.18 Å². The van der Waals surface area contributed by atoms with Crippen molar-refractivity contribution in [3.8, 4) is 5.75 Å². The van der Waals surface area contributed by atoms with Crippen LogP contribution in [0.2, 0.25) is 0 Å². The van der Waals surface area contributed by atoms with E-state index in [4.69, 9.17) is 4.74 Å². The van der Waals surface area contributed by atoms with E-state index in [2.05, 4.69) is 10.6 Å². The number of benzene rings is 1. The van der Waals surface area contributed by atoms with Crippen molar-refractivity contribution < 1.29 is 18.7 Å². The van der Waals surface area contributed by atoms with Crippen molar-refractivity contribution >= 4 is 11.9 Å². The summed E-state index contributed by atoms with van der Waals surface area (Å²) in [4.78, 5) is 25.9. The average Bonchev–Trinajstić information content (AvgIpc) is 2.87. The van der Waals surface area contributed by atoms with Crippen LogP contribution in [-0.2, 0) is 11.3 Å². The number of nitrogens with zero attached hydrogens (tertiary/aromatic N) is 1. The highest BCUT2D eigenvalue weighted by atomic mass is 19.1. The monoisotopic (exact) mass is 321 g/mol. The molecule has 124 valence electrons. The van der Waals surface area contributed by atoms with E-state index in [9.17, 15) is 14.0 Å². The van der Waals surface area contributed by atoms with Crippen LogP contribution in [-0.4, -0.2) is 42.6 Å². The third kappa shape index (κ3) is 3.55. The van der Waals surface area contributed by atoms with E-state index in [0.29, 0.717) is 37.4 Å². The van der Waals surface area contributed by atoms with Crippen LogP contribution in [0.25, 0.3) is 0 Å². The second-order valence-corrected chi connectivity index (χ2v) is 5.78. The maximum atomic E-state index is 14.0. The fraction of sp³-hybridized carbons (Fsp3) is 0.500. The third-order valence-electron chi connectivity index (χ3n) is 4.16. The molecule has 0 bridgehead atoms. The number of halogens is 1. The summed E-state index contributed by atoms with van der Waals surface area (Å²) in [5, 5.41) is 5.54. The second-order valence-electron chi connectivity index (χ2n) is 5.78. The number of carbonyl (C=O) groups is 2. The maximum absolute atomic E-state index is 14.0. The van der Waals surface area contributed by atoms with Gasteiger partial charge in [0.15, 0.2) is 0 Å². The van der Waals surface area contributed by atoms with Crippen LogP contribution in [0.15, 0.2) is 18.2 Å². The Morgan fingerprint density at radius 1 is 1.39 bits per heavy atom. The van der Waals surface area contributed by atoms with Crippen molar-refractivity contribution in [3.05, 3.63) is 29.6 Å². The van der Waals surface area contributed by atoms with Gasteiger partial charge in [-0.05, 0) is 31.4 Å². The van der Waals surface area contributed by atoms with E-state index in [0.717, 1.165) is 12.8 Å². The Labute approximate surface area is 134 Å². The SMILES string of the molecule is O=C1NCCCCC1NC(=O)N1CCOc2cccc(F)c2C1. The Kier molecular flexibility index (Phi) is 4.64. The lowest BCUT2D eigenvalue weighted by Crippen LogP contribution is -2.50. The first-order chi connectivity index (χ1) is 11.1. The quantitative estimate of drug-likeness (QED) is 0.821. The number of fused-ring (bicyclic) bond motifs is 1. The van der Waals surface area contributed by atoms with Crippen molar-refractivity contribution in [2.45, 2.75) is 31.8 Å². The maximum Gasteiger partial charge on any atom is 0.318 e. The van der Waals surface area contributed by atoms with Crippen LogP contribution in [0.1, 0.15) is 24.8 Å². The van der Waals surface area contributed by atoms with E-state index >= 15 is 0 Å². The van der Waals surface area contributed by atoms with Crippen molar-refractivity contribution in [2.75, 3.05) is 19.7 Å². The summed E-state index contributed by atoms with van der Waals surface area (Å²) in [6.45, 7) is 1.40. The molecule has 0 saturated carbocycles. The molecule has 0 radical (unpaired) electrons. The summed E-state index contributed by atoms with van der Waals surface area (Å²) < 4.78 is 19.5. The first kappa shape index (κ1) is 15.6. The van der Waals surface area contributed by atoms with E-state index < -0.39 is 11.9 Å². The number of urea groups is 1. The molecule has 2 aliphatic heterocycles. The number of rotatable bonds is 1. The molecular formula is C16H20FN3O3. The Morgan fingerprint density at radius 2 is 2.26 bits per heavy atom. The first-order valence-electron chi connectivity index (χ1n) is 7.88. The van der Waals surface area contributed by atoms with Gasteiger partial charge in [-0.3, -0.25) is 4.79 Å². The molecule has 6 nitrogen and oxygen atoms in total. The molecule has 0 aromatic heterocycles. The van der Waals surface area contributed by atoms with E-state index in [1.807, 2.05) is 0 Å². The zero-order valence-electron chi connectivity index (χ0n) is 12.8. The van der Waals surface area contributed by atoms with Crippen LogP contribution in [0.3, 0.4) is 0 Å². The van der Waals surface area contributed by atoms with Crippen LogP contribution in [0, 0.1) is 5.82 Å². The summed E-state index contributed by atoms with van der Waals surface area (Å²) in [7, 11) is 0. The van der Waals surface area contributed by atoms with Crippen molar-refractivity contribution in [1.29, 1.82) is 0 Å².